The molecule has 1 aliphatic rings. The summed E-state index contributed by atoms with van der Waals surface area (Å²) in [6.45, 7) is 2.32. The summed E-state index contributed by atoms with van der Waals surface area (Å²) >= 11 is 0. The minimum absolute atomic E-state index is 0.146. The van der Waals surface area contributed by atoms with E-state index in [0.29, 0.717) is 12.2 Å². The molecule has 3 nitrogen and oxygen atoms in total. The summed E-state index contributed by atoms with van der Waals surface area (Å²) in [7, 11) is 0. The summed E-state index contributed by atoms with van der Waals surface area (Å²) in [5.41, 5.74) is -0.351. The SMILES string of the molecule is C[C@H](n1cccn1)[C@@]1(c2ccc(F)cc2F)CO1. The quantitative estimate of drug-likeness (QED) is 0.784. The van der Waals surface area contributed by atoms with Crippen molar-refractivity contribution in [3.8, 4) is 0 Å². The molecule has 18 heavy (non-hydrogen) atoms. The molecule has 2 atom stereocenters. The zero-order valence-corrected chi connectivity index (χ0v) is 9.81. The molecule has 2 aromatic rings. The highest BCUT2D eigenvalue weighted by Crippen LogP contribution is 2.48. The standard InChI is InChI=1S/C13H12F2N2O/c1-9(17-6-2-5-16-17)13(8-18-13)11-4-3-10(14)7-12(11)15/h2-7,9H,8H2,1H3/t9-,13+/m0/s1. The van der Waals surface area contributed by atoms with Crippen molar-refractivity contribution in [3.05, 3.63) is 53.9 Å². The minimum Gasteiger partial charge on any atom is -0.362 e. The van der Waals surface area contributed by atoms with Gasteiger partial charge in [-0.1, -0.05) is 6.07 Å². The van der Waals surface area contributed by atoms with Crippen LogP contribution in [-0.2, 0) is 10.3 Å². The molecule has 0 spiro atoms. The van der Waals surface area contributed by atoms with Crippen LogP contribution in [0.25, 0.3) is 0 Å². The van der Waals surface area contributed by atoms with Gasteiger partial charge in [0.1, 0.15) is 17.2 Å². The van der Waals surface area contributed by atoms with Gasteiger partial charge in [-0.3, -0.25) is 4.68 Å². The van der Waals surface area contributed by atoms with Gasteiger partial charge in [0, 0.05) is 24.0 Å². The first-order chi connectivity index (χ1) is 8.63. The predicted octanol–water partition coefficient (Wildman–Crippen LogP) is 2.65. The van der Waals surface area contributed by atoms with Crippen molar-refractivity contribution in [2.45, 2.75) is 18.6 Å². The minimum atomic E-state index is -0.732. The van der Waals surface area contributed by atoms with E-state index in [-0.39, 0.29) is 6.04 Å². The van der Waals surface area contributed by atoms with E-state index in [1.807, 2.05) is 6.92 Å². The van der Waals surface area contributed by atoms with Crippen LogP contribution in [0.4, 0.5) is 8.78 Å². The number of hydrogen-bond donors (Lipinski definition) is 0. The van der Waals surface area contributed by atoms with E-state index in [2.05, 4.69) is 5.10 Å². The summed E-state index contributed by atoms with van der Waals surface area (Å²) in [6.07, 6.45) is 3.46. The molecule has 5 heteroatoms. The van der Waals surface area contributed by atoms with Gasteiger partial charge >= 0.3 is 0 Å². The van der Waals surface area contributed by atoms with E-state index in [1.165, 1.54) is 12.1 Å². The Morgan fingerprint density at radius 2 is 2.22 bits per heavy atom. The molecule has 94 valence electrons. The summed E-state index contributed by atoms with van der Waals surface area (Å²) in [5, 5.41) is 4.14. The van der Waals surface area contributed by atoms with E-state index in [1.54, 1.807) is 23.1 Å². The highest BCUT2D eigenvalue weighted by molar-refractivity contribution is 5.30. The molecule has 0 aliphatic carbocycles. The Morgan fingerprint density at radius 3 is 2.78 bits per heavy atom. The molecule has 1 saturated heterocycles. The van der Waals surface area contributed by atoms with Crippen LogP contribution in [0.2, 0.25) is 0 Å². The number of epoxide rings is 1. The number of halogens is 2. The van der Waals surface area contributed by atoms with Gasteiger partial charge in [0.25, 0.3) is 0 Å². The Balaban J connectivity index is 2.00. The third-order valence-electron chi connectivity index (χ3n) is 3.44. The average molecular weight is 250 g/mol. The first-order valence-electron chi connectivity index (χ1n) is 5.72. The van der Waals surface area contributed by atoms with Crippen molar-refractivity contribution in [3.63, 3.8) is 0 Å². The highest BCUT2D eigenvalue weighted by Gasteiger charge is 2.53. The zero-order valence-electron chi connectivity index (χ0n) is 9.81. The van der Waals surface area contributed by atoms with Crippen molar-refractivity contribution >= 4 is 0 Å². The fraction of sp³-hybridized carbons (Fsp3) is 0.308. The van der Waals surface area contributed by atoms with Crippen LogP contribution < -0.4 is 0 Å². The molecule has 0 N–H and O–H groups in total. The van der Waals surface area contributed by atoms with Gasteiger partial charge in [0.05, 0.1) is 12.6 Å². The molecular formula is C13H12F2N2O. The van der Waals surface area contributed by atoms with Gasteiger partial charge in [-0.15, -0.1) is 0 Å². The number of ether oxygens (including phenoxy) is 1. The fourth-order valence-electron chi connectivity index (χ4n) is 2.26. The highest BCUT2D eigenvalue weighted by atomic mass is 19.1. The summed E-state index contributed by atoms with van der Waals surface area (Å²) in [6, 6.07) is 5.23. The maximum absolute atomic E-state index is 13.8. The lowest BCUT2D eigenvalue weighted by molar-refractivity contribution is 0.215. The van der Waals surface area contributed by atoms with E-state index in [4.69, 9.17) is 4.74 Å². The third-order valence-corrected chi connectivity index (χ3v) is 3.44. The maximum atomic E-state index is 13.8. The monoisotopic (exact) mass is 250 g/mol. The van der Waals surface area contributed by atoms with Crippen molar-refractivity contribution < 1.29 is 13.5 Å². The Kier molecular flexibility index (Phi) is 2.45. The lowest BCUT2D eigenvalue weighted by atomic mass is 9.92. The second kappa shape index (κ2) is 3.88. The van der Waals surface area contributed by atoms with Gasteiger partial charge in [-0.25, -0.2) is 8.78 Å². The second-order valence-electron chi connectivity index (χ2n) is 4.46. The van der Waals surface area contributed by atoms with Gasteiger partial charge in [0.2, 0.25) is 0 Å². The molecule has 0 saturated carbocycles. The van der Waals surface area contributed by atoms with Gasteiger partial charge < -0.3 is 4.74 Å². The molecule has 1 aliphatic heterocycles. The molecule has 1 aromatic carbocycles. The molecule has 1 fully saturated rings. The smallest absolute Gasteiger partial charge is 0.141 e. The Morgan fingerprint density at radius 1 is 1.44 bits per heavy atom. The Hall–Kier alpha value is -1.75. The first kappa shape index (κ1) is 11.3. The average Bonchev–Trinajstić information content (AvgIpc) is 2.95. The number of hydrogen-bond acceptors (Lipinski definition) is 2. The summed E-state index contributed by atoms with van der Waals surface area (Å²) in [5.74, 6) is -1.16. The van der Waals surface area contributed by atoms with Gasteiger partial charge in [-0.05, 0) is 19.1 Å². The topological polar surface area (TPSA) is 30.4 Å². The van der Waals surface area contributed by atoms with Crippen LogP contribution in [0.5, 0.6) is 0 Å². The molecule has 0 amide bonds. The predicted molar refractivity (Wildman–Crippen MR) is 60.9 cm³/mol. The van der Waals surface area contributed by atoms with Gasteiger partial charge in [-0.2, -0.15) is 5.10 Å². The number of rotatable bonds is 3. The van der Waals surface area contributed by atoms with Crippen LogP contribution in [0.15, 0.2) is 36.7 Å². The van der Waals surface area contributed by atoms with Crippen molar-refractivity contribution in [1.82, 2.24) is 9.78 Å². The molecule has 0 bridgehead atoms. The summed E-state index contributed by atoms with van der Waals surface area (Å²) < 4.78 is 34.0. The van der Waals surface area contributed by atoms with E-state index >= 15 is 0 Å². The van der Waals surface area contributed by atoms with Crippen molar-refractivity contribution in [1.29, 1.82) is 0 Å². The fourth-order valence-corrected chi connectivity index (χ4v) is 2.26. The second-order valence-corrected chi connectivity index (χ2v) is 4.46. The van der Waals surface area contributed by atoms with E-state index in [0.717, 1.165) is 6.07 Å². The molecule has 0 radical (unpaired) electrons. The molecule has 1 aromatic heterocycles. The number of nitrogens with zero attached hydrogens (tertiary/aromatic N) is 2. The van der Waals surface area contributed by atoms with E-state index in [9.17, 15) is 8.78 Å². The van der Waals surface area contributed by atoms with Crippen LogP contribution in [0, 0.1) is 11.6 Å². The van der Waals surface area contributed by atoms with Crippen molar-refractivity contribution in [2.24, 2.45) is 0 Å². The maximum Gasteiger partial charge on any atom is 0.141 e. The lowest BCUT2D eigenvalue weighted by Gasteiger charge is -2.21. The van der Waals surface area contributed by atoms with Crippen LogP contribution in [0.1, 0.15) is 18.5 Å². The Bertz CT molecular complexity index is 564. The van der Waals surface area contributed by atoms with Crippen molar-refractivity contribution in [2.75, 3.05) is 6.61 Å². The Labute approximate surface area is 103 Å². The van der Waals surface area contributed by atoms with Crippen LogP contribution >= 0.6 is 0 Å². The molecular weight excluding hydrogens is 238 g/mol. The van der Waals surface area contributed by atoms with Gasteiger partial charge in [0.15, 0.2) is 0 Å². The molecule has 3 rings (SSSR count). The zero-order chi connectivity index (χ0) is 12.8. The molecule has 2 heterocycles. The lowest BCUT2D eigenvalue weighted by Crippen LogP contribution is -2.25. The van der Waals surface area contributed by atoms with Crippen LogP contribution in [0.3, 0.4) is 0 Å². The first-order valence-corrected chi connectivity index (χ1v) is 5.72. The number of aromatic nitrogens is 2. The third kappa shape index (κ3) is 1.62. The largest absolute Gasteiger partial charge is 0.362 e. The van der Waals surface area contributed by atoms with Crippen LogP contribution in [-0.4, -0.2) is 16.4 Å². The normalized spacial score (nSPS) is 23.9. The van der Waals surface area contributed by atoms with E-state index < -0.39 is 17.2 Å². The molecule has 0 unspecified atom stereocenters. The number of benzene rings is 1. The summed E-state index contributed by atoms with van der Waals surface area (Å²) in [4.78, 5) is 0.